The Kier molecular flexibility index (Phi) is 3.50. The van der Waals surface area contributed by atoms with Crippen molar-refractivity contribution < 1.29 is 10.0 Å². The number of amides is 1. The van der Waals surface area contributed by atoms with Crippen LogP contribution in [0.3, 0.4) is 0 Å². The highest BCUT2D eigenvalue weighted by atomic mass is 16.4. The van der Waals surface area contributed by atoms with Crippen molar-refractivity contribution in [3.05, 3.63) is 35.4 Å². The first-order valence-corrected chi connectivity index (χ1v) is 5.91. The van der Waals surface area contributed by atoms with Crippen molar-refractivity contribution in [1.82, 2.24) is 4.90 Å². The van der Waals surface area contributed by atoms with Gasteiger partial charge in [0.05, 0.1) is 0 Å². The maximum Gasteiger partial charge on any atom is 0.223 e. The Labute approximate surface area is 106 Å². The van der Waals surface area contributed by atoms with Crippen LogP contribution in [0.1, 0.15) is 17.5 Å². The van der Waals surface area contributed by atoms with Crippen LogP contribution in [0.15, 0.2) is 29.4 Å². The lowest BCUT2D eigenvalue weighted by atomic mass is 10.1. The van der Waals surface area contributed by atoms with Crippen LogP contribution in [0, 0.1) is 12.8 Å². The molecule has 0 aromatic heterocycles. The summed E-state index contributed by atoms with van der Waals surface area (Å²) in [5, 5.41) is 11.6. The molecule has 1 amide bonds. The van der Waals surface area contributed by atoms with Crippen molar-refractivity contribution in [2.24, 2.45) is 16.8 Å². The Hall–Kier alpha value is -2.04. The topological polar surface area (TPSA) is 78.9 Å². The SMILES string of the molecule is Cc1cccc(CN2C[C@H](/C(N)=N\O)CC2=O)c1. The molecule has 1 fully saturated rings. The van der Waals surface area contributed by atoms with Crippen molar-refractivity contribution in [1.29, 1.82) is 0 Å². The van der Waals surface area contributed by atoms with Gasteiger partial charge in [-0.1, -0.05) is 35.0 Å². The normalized spacial score (nSPS) is 20.5. The Morgan fingerprint density at radius 2 is 2.39 bits per heavy atom. The fraction of sp³-hybridized carbons (Fsp3) is 0.385. The van der Waals surface area contributed by atoms with Crippen LogP contribution in [0.4, 0.5) is 0 Å². The van der Waals surface area contributed by atoms with Crippen LogP contribution in [-0.2, 0) is 11.3 Å². The zero-order valence-corrected chi connectivity index (χ0v) is 10.3. The Morgan fingerprint density at radius 1 is 1.61 bits per heavy atom. The van der Waals surface area contributed by atoms with E-state index in [1.807, 2.05) is 25.1 Å². The number of amidine groups is 1. The fourth-order valence-corrected chi connectivity index (χ4v) is 2.24. The molecule has 0 saturated carbocycles. The number of rotatable bonds is 3. The highest BCUT2D eigenvalue weighted by Crippen LogP contribution is 2.20. The molecule has 0 aliphatic carbocycles. The number of hydrogen-bond acceptors (Lipinski definition) is 3. The van der Waals surface area contributed by atoms with Crippen LogP contribution in [0.2, 0.25) is 0 Å². The number of benzene rings is 1. The van der Waals surface area contributed by atoms with Gasteiger partial charge in [-0.05, 0) is 12.5 Å². The molecule has 1 aromatic carbocycles. The van der Waals surface area contributed by atoms with Gasteiger partial charge in [-0.3, -0.25) is 4.79 Å². The Balaban J connectivity index is 2.05. The molecule has 96 valence electrons. The molecule has 3 N–H and O–H groups in total. The van der Waals surface area contributed by atoms with Gasteiger partial charge in [0.25, 0.3) is 0 Å². The lowest BCUT2D eigenvalue weighted by Crippen LogP contribution is -2.28. The van der Waals surface area contributed by atoms with E-state index in [2.05, 4.69) is 11.2 Å². The highest BCUT2D eigenvalue weighted by molar-refractivity contribution is 5.91. The molecule has 2 rings (SSSR count). The Morgan fingerprint density at radius 3 is 3.06 bits per heavy atom. The van der Waals surface area contributed by atoms with E-state index in [0.717, 1.165) is 5.56 Å². The zero-order chi connectivity index (χ0) is 13.1. The third-order valence-electron chi connectivity index (χ3n) is 3.20. The van der Waals surface area contributed by atoms with E-state index in [9.17, 15) is 4.79 Å². The van der Waals surface area contributed by atoms with Gasteiger partial charge in [0, 0.05) is 25.4 Å². The second-order valence-corrected chi connectivity index (χ2v) is 4.69. The van der Waals surface area contributed by atoms with Crippen LogP contribution in [0.25, 0.3) is 0 Å². The van der Waals surface area contributed by atoms with E-state index in [0.29, 0.717) is 19.5 Å². The number of nitrogens with zero attached hydrogens (tertiary/aromatic N) is 2. The molecule has 0 radical (unpaired) electrons. The van der Waals surface area contributed by atoms with Crippen LogP contribution in [-0.4, -0.2) is 28.4 Å². The first-order valence-electron chi connectivity index (χ1n) is 5.91. The number of aryl methyl sites for hydroxylation is 1. The Bertz CT molecular complexity index is 485. The summed E-state index contributed by atoms with van der Waals surface area (Å²) >= 11 is 0. The lowest BCUT2D eigenvalue weighted by Gasteiger charge is -2.16. The third-order valence-corrected chi connectivity index (χ3v) is 3.20. The van der Waals surface area contributed by atoms with E-state index >= 15 is 0 Å². The predicted octanol–water partition coefficient (Wildman–Crippen LogP) is 1.09. The van der Waals surface area contributed by atoms with Crippen molar-refractivity contribution in [3.8, 4) is 0 Å². The molecule has 0 spiro atoms. The van der Waals surface area contributed by atoms with E-state index in [4.69, 9.17) is 10.9 Å². The quantitative estimate of drug-likeness (QED) is 0.363. The summed E-state index contributed by atoms with van der Waals surface area (Å²) in [4.78, 5) is 13.6. The first-order chi connectivity index (χ1) is 8.60. The highest BCUT2D eigenvalue weighted by Gasteiger charge is 2.32. The number of hydrogen-bond donors (Lipinski definition) is 2. The summed E-state index contributed by atoms with van der Waals surface area (Å²) in [6, 6.07) is 8.06. The maximum atomic E-state index is 11.8. The zero-order valence-electron chi connectivity index (χ0n) is 10.3. The van der Waals surface area contributed by atoms with Gasteiger partial charge in [0.15, 0.2) is 0 Å². The summed E-state index contributed by atoms with van der Waals surface area (Å²) in [5.74, 6) is 0.00973. The largest absolute Gasteiger partial charge is 0.409 e. The summed E-state index contributed by atoms with van der Waals surface area (Å²) < 4.78 is 0. The molecule has 1 atom stereocenters. The van der Waals surface area contributed by atoms with Crippen LogP contribution in [0.5, 0.6) is 0 Å². The number of oxime groups is 1. The number of carbonyl (C=O) groups is 1. The molecular formula is C13H17N3O2. The summed E-state index contributed by atoms with van der Waals surface area (Å²) in [6.07, 6.45) is 0.321. The first kappa shape index (κ1) is 12.4. The molecule has 5 heteroatoms. The summed E-state index contributed by atoms with van der Waals surface area (Å²) in [7, 11) is 0. The molecule has 1 aromatic rings. The second kappa shape index (κ2) is 5.08. The second-order valence-electron chi connectivity index (χ2n) is 4.69. The molecule has 5 nitrogen and oxygen atoms in total. The molecule has 0 bridgehead atoms. The number of likely N-dealkylation sites (tertiary alicyclic amines) is 1. The van der Waals surface area contributed by atoms with Gasteiger partial charge < -0.3 is 15.8 Å². The number of nitrogens with two attached hydrogens (primary N) is 1. The maximum absolute atomic E-state index is 11.8. The summed E-state index contributed by atoms with van der Waals surface area (Å²) in [6.45, 7) is 3.12. The molecule has 1 aliphatic rings. The van der Waals surface area contributed by atoms with E-state index in [1.54, 1.807) is 4.90 Å². The van der Waals surface area contributed by atoms with Gasteiger partial charge in [0.1, 0.15) is 5.84 Å². The monoisotopic (exact) mass is 247 g/mol. The van der Waals surface area contributed by atoms with Gasteiger partial charge in [0.2, 0.25) is 5.91 Å². The molecule has 1 aliphatic heterocycles. The molecular weight excluding hydrogens is 230 g/mol. The average Bonchev–Trinajstić information content (AvgIpc) is 2.70. The molecule has 1 saturated heterocycles. The van der Waals surface area contributed by atoms with E-state index < -0.39 is 0 Å². The third kappa shape index (κ3) is 2.61. The fourth-order valence-electron chi connectivity index (χ4n) is 2.24. The average molecular weight is 247 g/mol. The van der Waals surface area contributed by atoms with Crippen LogP contribution < -0.4 is 5.73 Å². The molecule has 1 heterocycles. The summed E-state index contributed by atoms with van der Waals surface area (Å²) in [5.41, 5.74) is 7.82. The van der Waals surface area contributed by atoms with Gasteiger partial charge in [-0.15, -0.1) is 0 Å². The van der Waals surface area contributed by atoms with Crippen molar-refractivity contribution in [2.75, 3.05) is 6.54 Å². The van der Waals surface area contributed by atoms with Crippen LogP contribution >= 0.6 is 0 Å². The smallest absolute Gasteiger partial charge is 0.223 e. The van der Waals surface area contributed by atoms with Crippen molar-refractivity contribution >= 4 is 11.7 Å². The van der Waals surface area contributed by atoms with E-state index in [-0.39, 0.29) is 17.7 Å². The van der Waals surface area contributed by atoms with Gasteiger partial charge in [-0.2, -0.15) is 0 Å². The predicted molar refractivity (Wildman–Crippen MR) is 68.1 cm³/mol. The van der Waals surface area contributed by atoms with Crippen molar-refractivity contribution in [2.45, 2.75) is 19.9 Å². The molecule has 0 unspecified atom stereocenters. The van der Waals surface area contributed by atoms with E-state index in [1.165, 1.54) is 5.56 Å². The van der Waals surface area contributed by atoms with Gasteiger partial charge >= 0.3 is 0 Å². The minimum absolute atomic E-state index is 0.0492. The van der Waals surface area contributed by atoms with Crippen molar-refractivity contribution in [3.63, 3.8) is 0 Å². The minimum Gasteiger partial charge on any atom is -0.409 e. The minimum atomic E-state index is -0.174. The van der Waals surface area contributed by atoms with Gasteiger partial charge in [-0.25, -0.2) is 0 Å². The number of carbonyl (C=O) groups excluding carboxylic acids is 1. The standard InChI is InChI=1S/C13H17N3O2/c1-9-3-2-4-10(5-9)7-16-8-11(6-12(16)17)13(14)15-18/h2-5,11,18H,6-8H2,1H3,(H2,14,15)/t11-/m1/s1. The molecule has 18 heavy (non-hydrogen) atoms. The lowest BCUT2D eigenvalue weighted by molar-refractivity contribution is -0.128.